The lowest BCUT2D eigenvalue weighted by molar-refractivity contribution is -0.384. The number of thioether (sulfide) groups is 1. The Morgan fingerprint density at radius 3 is 2.29 bits per heavy atom. The maximum atomic E-state index is 13.2. The fourth-order valence-electron chi connectivity index (χ4n) is 7.42. The molecule has 1 fully saturated rings. The summed E-state index contributed by atoms with van der Waals surface area (Å²) in [6.07, 6.45) is 4.00. The number of nitrogens with one attached hydrogen (secondary N) is 2. The second-order valence-electron chi connectivity index (χ2n) is 16.0. The molecule has 0 atom stereocenters. The van der Waals surface area contributed by atoms with Gasteiger partial charge in [-0.05, 0) is 128 Å². The van der Waals surface area contributed by atoms with E-state index in [1.807, 2.05) is 67.6 Å². The number of amides is 1. The molecule has 0 aromatic heterocycles. The molecule has 0 spiro atoms. The minimum Gasteiger partial charge on any atom is -0.374 e. The van der Waals surface area contributed by atoms with Crippen LogP contribution in [0.3, 0.4) is 0 Å². The third-order valence-corrected chi connectivity index (χ3v) is 12.9. The van der Waals surface area contributed by atoms with Gasteiger partial charge in [-0.25, -0.2) is 0 Å². The lowest BCUT2D eigenvalue weighted by atomic mass is 9.73. The number of aryl methyl sites for hydroxylation is 1. The minimum atomic E-state index is -0.412. The summed E-state index contributed by atoms with van der Waals surface area (Å²) in [5, 5.41) is 16.5. The summed E-state index contributed by atoms with van der Waals surface area (Å²) >= 11 is 9.01. The normalized spacial score (nSPS) is 16.2. The summed E-state index contributed by atoms with van der Waals surface area (Å²) in [7, 11) is 0. The topological polar surface area (TPSA) is 90.8 Å². The molecular weight excluding hydrogens is 746 g/mol. The molecule has 0 radical (unpaired) electrons. The Morgan fingerprint density at radius 1 is 0.945 bits per heavy atom. The smallest absolute Gasteiger partial charge is 0.293 e. The van der Waals surface area contributed by atoms with Crippen LogP contribution >= 0.6 is 35.3 Å². The van der Waals surface area contributed by atoms with Crippen LogP contribution in [0.25, 0.3) is 5.57 Å². The standard InChI is InChI=1S/C44H52ClN5O3S2/c1-6-31-26-38(27-40(50(52)53)41(31)46-44(4,5)30-54-37-10-8-7-9-11-37)55-47-42(51)33-14-18-36(19-15-33)49-24-22-48(23-25-49)29-34-28-43(2,3)21-20-39(34)32-12-16-35(45)17-13-32/h7-19,26-27,46H,6,20-25,28-30H2,1-5H3,(H,47,51). The van der Waals surface area contributed by atoms with Crippen molar-refractivity contribution < 1.29 is 9.72 Å². The van der Waals surface area contributed by atoms with Gasteiger partial charge in [0.1, 0.15) is 5.69 Å². The van der Waals surface area contributed by atoms with Crippen molar-refractivity contribution in [2.45, 2.75) is 75.6 Å². The number of nitrogens with zero attached hydrogens (tertiary/aromatic N) is 3. The fraction of sp³-hybridized carbons (Fsp3) is 0.386. The van der Waals surface area contributed by atoms with Gasteiger partial charge in [-0.15, -0.1) is 11.8 Å². The highest BCUT2D eigenvalue weighted by atomic mass is 35.5. The van der Waals surface area contributed by atoms with E-state index in [2.05, 4.69) is 71.8 Å². The van der Waals surface area contributed by atoms with Gasteiger partial charge in [0.15, 0.2) is 0 Å². The van der Waals surface area contributed by atoms with Gasteiger partial charge >= 0.3 is 0 Å². The molecule has 0 bridgehead atoms. The van der Waals surface area contributed by atoms with Gasteiger partial charge in [0, 0.05) is 76.1 Å². The highest BCUT2D eigenvalue weighted by Crippen LogP contribution is 2.43. The third-order valence-electron chi connectivity index (χ3n) is 10.5. The molecule has 0 unspecified atom stereocenters. The second-order valence-corrected chi connectivity index (χ2v) is 18.3. The van der Waals surface area contributed by atoms with Crippen molar-refractivity contribution in [2.75, 3.05) is 48.7 Å². The molecule has 1 amide bonds. The molecule has 4 aromatic rings. The first-order chi connectivity index (χ1) is 26.3. The average molecular weight is 799 g/mol. The number of hydrogen-bond donors (Lipinski definition) is 2. The van der Waals surface area contributed by atoms with E-state index in [0.717, 1.165) is 84.4 Å². The van der Waals surface area contributed by atoms with Gasteiger partial charge in [0.05, 0.1) is 4.92 Å². The van der Waals surface area contributed by atoms with Gasteiger partial charge in [0.2, 0.25) is 0 Å². The molecule has 2 N–H and O–H groups in total. The SMILES string of the molecule is CCc1cc(SNC(=O)c2ccc(N3CCN(CC4=C(c5ccc(Cl)cc5)CCC(C)(C)C4)CC3)cc2)cc([N+](=O)[O-])c1NC(C)(C)CSc1ccccc1. The summed E-state index contributed by atoms with van der Waals surface area (Å²) in [6, 6.07) is 29.6. The van der Waals surface area contributed by atoms with Crippen LogP contribution in [0.4, 0.5) is 17.1 Å². The van der Waals surface area contributed by atoms with Gasteiger partial charge in [-0.3, -0.25) is 24.5 Å². The molecule has 1 saturated heterocycles. The van der Waals surface area contributed by atoms with Crippen LogP contribution in [0.15, 0.2) is 106 Å². The lowest BCUT2D eigenvalue weighted by Crippen LogP contribution is -2.47. The zero-order valence-electron chi connectivity index (χ0n) is 32.5. The zero-order chi connectivity index (χ0) is 39.2. The summed E-state index contributed by atoms with van der Waals surface area (Å²) in [4.78, 5) is 31.9. The second kappa shape index (κ2) is 17.9. The van der Waals surface area contributed by atoms with Crippen molar-refractivity contribution in [1.29, 1.82) is 0 Å². The summed E-state index contributed by atoms with van der Waals surface area (Å²) < 4.78 is 2.91. The molecule has 1 heterocycles. The maximum Gasteiger partial charge on any atom is 0.293 e. The molecule has 1 aliphatic carbocycles. The van der Waals surface area contributed by atoms with Crippen molar-refractivity contribution in [2.24, 2.45) is 5.41 Å². The predicted molar refractivity (Wildman–Crippen MR) is 232 cm³/mol. The van der Waals surface area contributed by atoms with Crippen LogP contribution in [0.1, 0.15) is 75.4 Å². The van der Waals surface area contributed by atoms with Crippen molar-refractivity contribution >= 4 is 63.9 Å². The highest BCUT2D eigenvalue weighted by Gasteiger charge is 2.30. The molecule has 11 heteroatoms. The minimum absolute atomic E-state index is 0.000336. The summed E-state index contributed by atoms with van der Waals surface area (Å²) in [5.74, 6) is 0.478. The average Bonchev–Trinajstić information content (AvgIpc) is 3.17. The van der Waals surface area contributed by atoms with E-state index in [-0.39, 0.29) is 16.5 Å². The molecular formula is C44H52ClN5O3S2. The number of benzene rings is 4. The first-order valence-electron chi connectivity index (χ1n) is 19.1. The van der Waals surface area contributed by atoms with Crippen LogP contribution in [0.2, 0.25) is 5.02 Å². The Balaban J connectivity index is 1.04. The van der Waals surface area contributed by atoms with E-state index >= 15 is 0 Å². The van der Waals surface area contributed by atoms with Gasteiger partial charge in [-0.2, -0.15) is 0 Å². The van der Waals surface area contributed by atoms with E-state index in [4.69, 9.17) is 11.6 Å². The number of rotatable bonds is 14. The number of nitro benzene ring substituents is 1. The van der Waals surface area contributed by atoms with Gasteiger partial charge < -0.3 is 10.2 Å². The lowest BCUT2D eigenvalue weighted by Gasteiger charge is -2.39. The number of carbonyl (C=O) groups excluding carboxylic acids is 1. The number of anilines is 2. The van der Waals surface area contributed by atoms with E-state index in [0.29, 0.717) is 28.0 Å². The van der Waals surface area contributed by atoms with Crippen molar-refractivity contribution in [3.8, 4) is 0 Å². The number of halogens is 1. The van der Waals surface area contributed by atoms with Crippen LogP contribution in [0, 0.1) is 15.5 Å². The Bertz CT molecular complexity index is 1990. The molecule has 0 saturated carbocycles. The number of allylic oxidation sites excluding steroid dienone is 1. The Labute approximate surface area is 339 Å². The third kappa shape index (κ3) is 10.9. The van der Waals surface area contributed by atoms with Crippen LogP contribution in [-0.4, -0.2) is 59.7 Å². The van der Waals surface area contributed by atoms with Crippen molar-refractivity contribution in [1.82, 2.24) is 9.62 Å². The maximum absolute atomic E-state index is 13.2. The van der Waals surface area contributed by atoms with E-state index in [1.165, 1.54) is 17.6 Å². The van der Waals surface area contributed by atoms with E-state index in [9.17, 15) is 14.9 Å². The molecule has 1 aliphatic heterocycles. The number of piperazine rings is 1. The Hall–Kier alpha value is -3.96. The summed E-state index contributed by atoms with van der Waals surface area (Å²) in [5.41, 5.74) is 7.20. The zero-order valence-corrected chi connectivity index (χ0v) is 34.9. The van der Waals surface area contributed by atoms with Gasteiger partial charge in [0.25, 0.3) is 11.6 Å². The van der Waals surface area contributed by atoms with Crippen LogP contribution in [0.5, 0.6) is 0 Å². The molecule has 4 aromatic carbocycles. The quantitative estimate of drug-likeness (QED) is 0.0564. The molecule has 6 rings (SSSR count). The molecule has 290 valence electrons. The predicted octanol–water partition coefficient (Wildman–Crippen LogP) is 11.0. The summed E-state index contributed by atoms with van der Waals surface area (Å²) in [6.45, 7) is 15.6. The van der Waals surface area contributed by atoms with Crippen molar-refractivity contribution in [3.05, 3.63) is 128 Å². The van der Waals surface area contributed by atoms with Crippen molar-refractivity contribution in [3.63, 3.8) is 0 Å². The molecule has 2 aliphatic rings. The molecule has 8 nitrogen and oxygen atoms in total. The number of carbonyl (C=O) groups is 1. The number of nitro groups is 1. The van der Waals surface area contributed by atoms with E-state index in [1.54, 1.807) is 23.4 Å². The number of hydrogen-bond acceptors (Lipinski definition) is 8. The van der Waals surface area contributed by atoms with Crippen LogP contribution < -0.4 is 14.9 Å². The van der Waals surface area contributed by atoms with Crippen LogP contribution in [-0.2, 0) is 6.42 Å². The highest BCUT2D eigenvalue weighted by molar-refractivity contribution is 7.99. The first kappa shape index (κ1) is 40.7. The first-order valence-corrected chi connectivity index (χ1v) is 21.3. The largest absolute Gasteiger partial charge is 0.374 e. The molecule has 55 heavy (non-hydrogen) atoms. The Kier molecular flexibility index (Phi) is 13.2. The monoisotopic (exact) mass is 797 g/mol. The Morgan fingerprint density at radius 2 is 1.64 bits per heavy atom. The van der Waals surface area contributed by atoms with E-state index < -0.39 is 5.54 Å². The van der Waals surface area contributed by atoms with Gasteiger partial charge in [-0.1, -0.05) is 68.3 Å². The fourth-order valence-corrected chi connectivity index (χ4v) is 9.20.